The third-order valence-electron chi connectivity index (χ3n) is 7.33. The Labute approximate surface area is 266 Å². The van der Waals surface area contributed by atoms with E-state index in [-0.39, 0.29) is 19.2 Å². The summed E-state index contributed by atoms with van der Waals surface area (Å²) in [6.45, 7) is 5.15. The van der Waals surface area contributed by atoms with Crippen LogP contribution in [-0.4, -0.2) is 37.0 Å². The molecule has 0 saturated heterocycles. The van der Waals surface area contributed by atoms with E-state index in [4.69, 9.17) is 9.47 Å². The summed E-state index contributed by atoms with van der Waals surface area (Å²) in [6, 6.07) is 0. The monoisotopic (exact) mass is 601 g/mol. The smallest absolute Gasteiger partial charge is 0.306 e. The molecule has 0 aromatic rings. The van der Waals surface area contributed by atoms with E-state index < -0.39 is 6.10 Å². The number of rotatable bonds is 32. The van der Waals surface area contributed by atoms with Crippen LogP contribution in [0.3, 0.4) is 0 Å². The highest BCUT2D eigenvalue weighted by Crippen LogP contribution is 2.11. The molecule has 0 aliphatic rings. The van der Waals surface area contributed by atoms with Gasteiger partial charge < -0.3 is 14.6 Å². The van der Waals surface area contributed by atoms with Gasteiger partial charge in [0, 0.05) is 13.0 Å². The molecule has 1 N–H and O–H groups in total. The molecule has 0 aliphatic carbocycles. The highest BCUT2D eigenvalue weighted by Gasteiger charge is 2.13. The summed E-state index contributed by atoms with van der Waals surface area (Å²) in [5.74, 6) is -0.220. The first-order chi connectivity index (χ1) is 21.2. The second kappa shape index (κ2) is 36.3. The van der Waals surface area contributed by atoms with Crippen LogP contribution in [0.1, 0.15) is 155 Å². The van der Waals surface area contributed by atoms with Crippen molar-refractivity contribution in [2.45, 2.75) is 161 Å². The highest BCUT2D eigenvalue weighted by atomic mass is 16.6. The van der Waals surface area contributed by atoms with Gasteiger partial charge in [-0.25, -0.2) is 0 Å². The van der Waals surface area contributed by atoms with Crippen molar-refractivity contribution in [3.63, 3.8) is 0 Å². The van der Waals surface area contributed by atoms with E-state index in [9.17, 15) is 9.90 Å². The average molecular weight is 601 g/mol. The summed E-state index contributed by atoms with van der Waals surface area (Å²) in [5, 5.41) is 9.54. The van der Waals surface area contributed by atoms with Crippen molar-refractivity contribution in [3.8, 4) is 0 Å². The fraction of sp³-hybridized carbons (Fsp3) is 0.718. The Balaban J connectivity index is 3.53. The Kier molecular flexibility index (Phi) is 34.7. The zero-order valence-corrected chi connectivity index (χ0v) is 28.2. The summed E-state index contributed by atoms with van der Waals surface area (Å²) in [6.07, 6.45) is 46.8. The zero-order chi connectivity index (χ0) is 31.3. The molecule has 0 amide bonds. The molecular formula is C39H68O4. The average Bonchev–Trinajstić information content (AvgIpc) is 3.01. The summed E-state index contributed by atoms with van der Waals surface area (Å²) < 4.78 is 11.1. The normalized spacial score (nSPS) is 13.1. The van der Waals surface area contributed by atoms with Crippen LogP contribution in [0.4, 0.5) is 0 Å². The van der Waals surface area contributed by atoms with Crippen LogP contribution < -0.4 is 0 Å². The van der Waals surface area contributed by atoms with Crippen molar-refractivity contribution in [1.29, 1.82) is 0 Å². The van der Waals surface area contributed by atoms with Gasteiger partial charge in [0.2, 0.25) is 0 Å². The molecule has 1 unspecified atom stereocenters. The number of allylic oxidation sites excluding steroid dienone is 10. The van der Waals surface area contributed by atoms with E-state index in [0.29, 0.717) is 13.0 Å². The summed E-state index contributed by atoms with van der Waals surface area (Å²) in [4.78, 5) is 12.1. The Bertz CT molecular complexity index is 719. The predicted molar refractivity (Wildman–Crippen MR) is 186 cm³/mol. The largest absolute Gasteiger partial charge is 0.457 e. The molecule has 0 saturated carbocycles. The number of hydrogen-bond donors (Lipinski definition) is 1. The molecular weight excluding hydrogens is 532 g/mol. The fourth-order valence-corrected chi connectivity index (χ4v) is 4.66. The van der Waals surface area contributed by atoms with Crippen molar-refractivity contribution < 1.29 is 19.4 Å². The molecule has 1 atom stereocenters. The first-order valence-electron chi connectivity index (χ1n) is 17.9. The molecule has 0 fully saturated rings. The van der Waals surface area contributed by atoms with Gasteiger partial charge in [-0.05, 0) is 77.0 Å². The van der Waals surface area contributed by atoms with Crippen LogP contribution in [-0.2, 0) is 14.3 Å². The Morgan fingerprint density at radius 1 is 0.581 bits per heavy atom. The van der Waals surface area contributed by atoms with Crippen LogP contribution in [0.2, 0.25) is 0 Å². The minimum Gasteiger partial charge on any atom is -0.457 e. The van der Waals surface area contributed by atoms with Crippen molar-refractivity contribution in [1.82, 2.24) is 0 Å². The number of carbonyl (C=O) groups is 1. The van der Waals surface area contributed by atoms with Crippen LogP contribution in [0, 0.1) is 0 Å². The predicted octanol–water partition coefficient (Wildman–Crippen LogP) is 11.3. The van der Waals surface area contributed by atoms with E-state index in [1.54, 1.807) is 0 Å². The molecule has 4 nitrogen and oxygen atoms in total. The second-order valence-corrected chi connectivity index (χ2v) is 11.6. The highest BCUT2D eigenvalue weighted by molar-refractivity contribution is 5.69. The summed E-state index contributed by atoms with van der Waals surface area (Å²) in [5.41, 5.74) is 0. The van der Waals surface area contributed by atoms with Gasteiger partial charge >= 0.3 is 5.97 Å². The minimum atomic E-state index is -0.549. The summed E-state index contributed by atoms with van der Waals surface area (Å²) in [7, 11) is 0. The maximum Gasteiger partial charge on any atom is 0.306 e. The number of hydrogen-bond acceptors (Lipinski definition) is 4. The molecule has 0 rings (SSSR count). The van der Waals surface area contributed by atoms with Crippen molar-refractivity contribution >= 4 is 5.97 Å². The van der Waals surface area contributed by atoms with E-state index in [0.717, 1.165) is 64.2 Å². The minimum absolute atomic E-state index is 0.185. The SMILES string of the molecule is CC/C=C\C/C=C\C/C=C\C/C=C\CCCCCCCOCC(CO)OC(=O)CCCCCCC/C=C\CCCCCC. The van der Waals surface area contributed by atoms with Crippen LogP contribution >= 0.6 is 0 Å². The van der Waals surface area contributed by atoms with Crippen molar-refractivity contribution in [2.24, 2.45) is 0 Å². The number of unbranched alkanes of at least 4 members (excludes halogenated alkanes) is 14. The van der Waals surface area contributed by atoms with E-state index >= 15 is 0 Å². The van der Waals surface area contributed by atoms with Gasteiger partial charge in [-0.3, -0.25) is 4.79 Å². The number of esters is 1. The van der Waals surface area contributed by atoms with Gasteiger partial charge in [0.15, 0.2) is 0 Å². The molecule has 0 aromatic carbocycles. The third kappa shape index (κ3) is 34.4. The molecule has 0 aliphatic heterocycles. The standard InChI is InChI=1S/C39H68O4/c1-3-5-7-9-11-13-15-17-18-19-20-21-23-25-27-29-31-33-35-42-37-38(36-40)43-39(41)34-32-30-28-26-24-22-16-14-12-10-8-6-4-2/h5,7,11,13-14,16-18,20-21,38,40H,3-4,6,8-10,12,15,19,22-37H2,1-2H3/b7-5-,13-11-,16-14-,18-17-,21-20-. The number of aliphatic hydroxyl groups is 1. The van der Waals surface area contributed by atoms with Gasteiger partial charge in [-0.2, -0.15) is 0 Å². The zero-order valence-electron chi connectivity index (χ0n) is 28.2. The van der Waals surface area contributed by atoms with Crippen LogP contribution in [0.25, 0.3) is 0 Å². The summed E-state index contributed by atoms with van der Waals surface area (Å²) >= 11 is 0. The van der Waals surface area contributed by atoms with E-state index in [1.807, 2.05) is 0 Å². The maximum atomic E-state index is 12.1. The quantitative estimate of drug-likeness (QED) is 0.0474. The first-order valence-corrected chi connectivity index (χ1v) is 17.9. The third-order valence-corrected chi connectivity index (χ3v) is 7.33. The lowest BCUT2D eigenvalue weighted by Gasteiger charge is -2.15. The molecule has 0 aromatic heterocycles. The molecule has 4 heteroatoms. The van der Waals surface area contributed by atoms with E-state index in [2.05, 4.69) is 74.6 Å². The van der Waals surface area contributed by atoms with Crippen LogP contribution in [0.15, 0.2) is 60.8 Å². The van der Waals surface area contributed by atoms with Gasteiger partial charge in [0.05, 0.1) is 13.2 Å². The lowest BCUT2D eigenvalue weighted by Crippen LogP contribution is -2.27. The van der Waals surface area contributed by atoms with E-state index in [1.165, 1.54) is 70.6 Å². The molecule has 43 heavy (non-hydrogen) atoms. The van der Waals surface area contributed by atoms with Crippen molar-refractivity contribution in [2.75, 3.05) is 19.8 Å². The topological polar surface area (TPSA) is 55.8 Å². The Morgan fingerprint density at radius 2 is 1.05 bits per heavy atom. The van der Waals surface area contributed by atoms with Gasteiger partial charge in [0.25, 0.3) is 0 Å². The van der Waals surface area contributed by atoms with Crippen molar-refractivity contribution in [3.05, 3.63) is 60.8 Å². The molecule has 0 spiro atoms. The van der Waals surface area contributed by atoms with Gasteiger partial charge in [-0.15, -0.1) is 0 Å². The lowest BCUT2D eigenvalue weighted by atomic mass is 10.1. The molecule has 248 valence electrons. The molecule has 0 bridgehead atoms. The Morgan fingerprint density at radius 3 is 1.60 bits per heavy atom. The first kappa shape index (κ1) is 41.1. The maximum absolute atomic E-state index is 12.1. The van der Waals surface area contributed by atoms with Gasteiger partial charge in [-0.1, -0.05) is 132 Å². The fourth-order valence-electron chi connectivity index (χ4n) is 4.66. The Hall–Kier alpha value is -1.91. The molecule has 0 heterocycles. The lowest BCUT2D eigenvalue weighted by molar-refractivity contribution is -0.154. The number of aliphatic hydroxyl groups excluding tert-OH is 1. The number of ether oxygens (including phenoxy) is 2. The van der Waals surface area contributed by atoms with Crippen LogP contribution in [0.5, 0.6) is 0 Å². The van der Waals surface area contributed by atoms with Gasteiger partial charge in [0.1, 0.15) is 6.10 Å². The molecule has 0 radical (unpaired) electrons. The second-order valence-electron chi connectivity index (χ2n) is 11.6. The number of carbonyl (C=O) groups excluding carboxylic acids is 1.